The summed E-state index contributed by atoms with van der Waals surface area (Å²) in [5.41, 5.74) is 0.855. The van der Waals surface area contributed by atoms with Gasteiger partial charge in [0, 0.05) is 42.9 Å². The van der Waals surface area contributed by atoms with Gasteiger partial charge in [0.15, 0.2) is 5.76 Å². The van der Waals surface area contributed by atoms with Crippen LogP contribution in [-0.4, -0.2) is 44.4 Å². The molecule has 1 aliphatic heterocycles. The van der Waals surface area contributed by atoms with Crippen LogP contribution in [0.1, 0.15) is 35.9 Å². The molecule has 3 aromatic rings. The molecule has 4 rings (SSSR count). The molecule has 1 aliphatic rings. The van der Waals surface area contributed by atoms with Gasteiger partial charge in [0.05, 0.1) is 12.4 Å². The second-order valence-electron chi connectivity index (χ2n) is 8.29. The highest BCUT2D eigenvalue weighted by molar-refractivity contribution is 7.87. The average Bonchev–Trinajstić information content (AvgIpc) is 3.54. The zero-order valence-electron chi connectivity index (χ0n) is 19.5. The highest BCUT2D eigenvalue weighted by atomic mass is 35.5. The van der Waals surface area contributed by atoms with E-state index in [1.807, 2.05) is 0 Å². The van der Waals surface area contributed by atoms with Crippen molar-refractivity contribution in [2.75, 3.05) is 18.5 Å². The SMILES string of the molecule is CC(=O)Nc1ccc(S(=O)(=O)Oc2ccc(Cl)cc2CN(CC2CCCO2)C(=O)c2ccco2)cc1. The van der Waals surface area contributed by atoms with E-state index in [0.29, 0.717) is 29.4 Å². The van der Waals surface area contributed by atoms with Crippen LogP contribution in [0.2, 0.25) is 5.02 Å². The van der Waals surface area contributed by atoms with Crippen LogP contribution in [0.25, 0.3) is 0 Å². The first-order chi connectivity index (χ1) is 17.2. The van der Waals surface area contributed by atoms with Gasteiger partial charge in [-0.05, 0) is 67.4 Å². The number of nitrogens with one attached hydrogen (secondary N) is 1. The van der Waals surface area contributed by atoms with Crippen LogP contribution in [0.4, 0.5) is 5.69 Å². The number of halogens is 1. The molecule has 1 fully saturated rings. The summed E-state index contributed by atoms with van der Waals surface area (Å²) in [5, 5.41) is 2.94. The molecule has 1 unspecified atom stereocenters. The molecule has 11 heteroatoms. The van der Waals surface area contributed by atoms with Gasteiger partial charge in [-0.1, -0.05) is 11.6 Å². The lowest BCUT2D eigenvalue weighted by Gasteiger charge is -2.25. The third-order valence-corrected chi connectivity index (χ3v) is 7.00. The number of benzene rings is 2. The summed E-state index contributed by atoms with van der Waals surface area (Å²) in [4.78, 5) is 25.8. The molecule has 9 nitrogen and oxygen atoms in total. The van der Waals surface area contributed by atoms with Crippen molar-refractivity contribution >= 4 is 39.2 Å². The van der Waals surface area contributed by atoms with Crippen LogP contribution in [-0.2, 0) is 26.2 Å². The van der Waals surface area contributed by atoms with E-state index < -0.39 is 10.1 Å². The van der Waals surface area contributed by atoms with E-state index in [1.54, 1.807) is 18.2 Å². The molecule has 0 spiro atoms. The molecule has 36 heavy (non-hydrogen) atoms. The number of nitrogens with zero attached hydrogens (tertiary/aromatic N) is 1. The Labute approximate surface area is 214 Å². The Kier molecular flexibility index (Phi) is 7.97. The molecule has 2 heterocycles. The number of carbonyl (C=O) groups excluding carboxylic acids is 2. The summed E-state index contributed by atoms with van der Waals surface area (Å²) in [6.07, 6.45) is 2.98. The predicted molar refractivity (Wildman–Crippen MR) is 132 cm³/mol. The van der Waals surface area contributed by atoms with Crippen molar-refractivity contribution in [3.63, 3.8) is 0 Å². The topological polar surface area (TPSA) is 115 Å². The Balaban J connectivity index is 1.59. The Hall–Kier alpha value is -3.34. The van der Waals surface area contributed by atoms with Crippen LogP contribution in [0, 0.1) is 0 Å². The Morgan fingerprint density at radius 1 is 1.17 bits per heavy atom. The second kappa shape index (κ2) is 11.2. The molecule has 190 valence electrons. The Morgan fingerprint density at radius 2 is 1.94 bits per heavy atom. The van der Waals surface area contributed by atoms with Gasteiger partial charge in [-0.15, -0.1) is 0 Å². The van der Waals surface area contributed by atoms with Crippen molar-refractivity contribution in [3.8, 4) is 5.75 Å². The zero-order chi connectivity index (χ0) is 25.7. The highest BCUT2D eigenvalue weighted by Crippen LogP contribution is 2.29. The summed E-state index contributed by atoms with van der Waals surface area (Å²) in [5.74, 6) is -0.443. The van der Waals surface area contributed by atoms with Crippen molar-refractivity contribution in [2.45, 2.75) is 37.3 Å². The summed E-state index contributed by atoms with van der Waals surface area (Å²) in [6.45, 7) is 2.29. The normalized spacial score (nSPS) is 15.4. The second-order valence-corrected chi connectivity index (χ2v) is 10.3. The fourth-order valence-electron chi connectivity index (χ4n) is 3.84. The third-order valence-electron chi connectivity index (χ3n) is 5.51. The molecular weight excluding hydrogens is 508 g/mol. The number of ether oxygens (including phenoxy) is 1. The lowest BCUT2D eigenvalue weighted by atomic mass is 10.1. The van der Waals surface area contributed by atoms with E-state index in [4.69, 9.17) is 24.9 Å². The fourth-order valence-corrected chi connectivity index (χ4v) is 5.00. The molecule has 1 aromatic heterocycles. The van der Waals surface area contributed by atoms with Crippen LogP contribution < -0.4 is 9.50 Å². The van der Waals surface area contributed by atoms with Crippen LogP contribution in [0.5, 0.6) is 5.75 Å². The maximum atomic E-state index is 13.2. The molecule has 0 saturated carbocycles. The minimum atomic E-state index is -4.22. The van der Waals surface area contributed by atoms with Gasteiger partial charge < -0.3 is 23.6 Å². The Morgan fingerprint density at radius 3 is 2.58 bits per heavy atom. The first-order valence-electron chi connectivity index (χ1n) is 11.3. The first-order valence-corrected chi connectivity index (χ1v) is 13.0. The number of carbonyl (C=O) groups is 2. The minimum Gasteiger partial charge on any atom is -0.459 e. The molecule has 2 amide bonds. The van der Waals surface area contributed by atoms with Gasteiger partial charge in [0.2, 0.25) is 5.91 Å². The summed E-state index contributed by atoms with van der Waals surface area (Å²) >= 11 is 6.21. The zero-order valence-corrected chi connectivity index (χ0v) is 21.0. The largest absolute Gasteiger partial charge is 0.459 e. The lowest BCUT2D eigenvalue weighted by molar-refractivity contribution is -0.114. The number of furan rings is 1. The molecule has 0 radical (unpaired) electrons. The smallest absolute Gasteiger partial charge is 0.339 e. The van der Waals surface area contributed by atoms with Crippen molar-refractivity contribution in [2.24, 2.45) is 0 Å². The molecule has 2 aromatic carbocycles. The van der Waals surface area contributed by atoms with Crippen LogP contribution in [0.3, 0.4) is 0 Å². The average molecular weight is 533 g/mol. The number of amides is 2. The van der Waals surface area contributed by atoms with E-state index in [0.717, 1.165) is 12.8 Å². The number of rotatable bonds is 9. The highest BCUT2D eigenvalue weighted by Gasteiger charge is 2.27. The van der Waals surface area contributed by atoms with Crippen molar-refractivity contribution < 1.29 is 31.3 Å². The minimum absolute atomic E-state index is 0.0201. The van der Waals surface area contributed by atoms with Gasteiger partial charge in [-0.3, -0.25) is 9.59 Å². The standard InChI is InChI=1S/C25H25ClN2O7S/c1-17(29)27-20-7-9-22(10-8-20)36(31,32)35-23-11-6-19(26)14-18(23)15-28(16-21-4-2-12-33-21)25(30)24-5-3-13-34-24/h3,5-11,13-14,21H,2,4,12,15-16H2,1H3,(H,27,29). The summed E-state index contributed by atoms with van der Waals surface area (Å²) in [6, 6.07) is 13.3. The summed E-state index contributed by atoms with van der Waals surface area (Å²) in [7, 11) is -4.22. The Bertz CT molecular complexity index is 1320. The molecule has 1 saturated heterocycles. The van der Waals surface area contributed by atoms with E-state index >= 15 is 0 Å². The van der Waals surface area contributed by atoms with Crippen molar-refractivity contribution in [1.82, 2.24) is 4.90 Å². The summed E-state index contributed by atoms with van der Waals surface area (Å²) < 4.78 is 42.5. The molecule has 0 bridgehead atoms. The lowest BCUT2D eigenvalue weighted by Crippen LogP contribution is -2.37. The first kappa shape index (κ1) is 25.7. The van der Waals surface area contributed by atoms with Gasteiger partial charge in [-0.2, -0.15) is 8.42 Å². The maximum absolute atomic E-state index is 13.2. The van der Waals surface area contributed by atoms with Gasteiger partial charge in [0.25, 0.3) is 5.91 Å². The third kappa shape index (κ3) is 6.45. The molecule has 1 N–H and O–H groups in total. The van der Waals surface area contributed by atoms with E-state index in [9.17, 15) is 18.0 Å². The van der Waals surface area contributed by atoms with Gasteiger partial charge in [0.1, 0.15) is 10.6 Å². The maximum Gasteiger partial charge on any atom is 0.339 e. The molecular formula is C25H25ClN2O7S. The van der Waals surface area contributed by atoms with Gasteiger partial charge in [-0.25, -0.2) is 0 Å². The quantitative estimate of drug-likeness (QED) is 0.404. The van der Waals surface area contributed by atoms with Crippen LogP contribution >= 0.6 is 11.6 Å². The molecule has 0 aliphatic carbocycles. The van der Waals surface area contributed by atoms with Crippen molar-refractivity contribution in [3.05, 3.63) is 77.2 Å². The number of anilines is 1. The van der Waals surface area contributed by atoms with Gasteiger partial charge >= 0.3 is 10.1 Å². The monoisotopic (exact) mass is 532 g/mol. The number of hydrogen-bond acceptors (Lipinski definition) is 7. The van der Waals surface area contributed by atoms with E-state index in [-0.39, 0.29) is 40.9 Å². The fraction of sp³-hybridized carbons (Fsp3) is 0.280. The van der Waals surface area contributed by atoms with Crippen LogP contribution in [0.15, 0.2) is 70.2 Å². The number of hydrogen-bond donors (Lipinski definition) is 1. The predicted octanol–water partition coefficient (Wildman–Crippen LogP) is 4.48. The van der Waals surface area contributed by atoms with Crippen molar-refractivity contribution in [1.29, 1.82) is 0 Å². The van der Waals surface area contributed by atoms with E-state index in [1.165, 1.54) is 54.5 Å². The molecule has 1 atom stereocenters. The van der Waals surface area contributed by atoms with E-state index in [2.05, 4.69) is 5.32 Å².